The molecule has 110 valence electrons. The molecule has 0 aliphatic heterocycles. The molecule has 1 fully saturated rings. The highest BCUT2D eigenvalue weighted by molar-refractivity contribution is 5.66. The maximum atomic E-state index is 10.4. The third kappa shape index (κ3) is 4.75. The van der Waals surface area contributed by atoms with Gasteiger partial charge in [-0.1, -0.05) is 24.3 Å². The average Bonchev–Trinajstić information content (AvgIpc) is 2.52. The van der Waals surface area contributed by atoms with Gasteiger partial charge >= 0.3 is 5.97 Å². The van der Waals surface area contributed by atoms with E-state index in [4.69, 9.17) is 10.4 Å². The van der Waals surface area contributed by atoms with Crippen molar-refractivity contribution in [3.8, 4) is 6.07 Å². The molecule has 0 spiro atoms. The number of aliphatic carboxylic acids is 1. The van der Waals surface area contributed by atoms with E-state index in [1.54, 1.807) is 0 Å². The molecule has 1 N–H and O–H groups in total. The molecule has 0 amide bonds. The fourth-order valence-electron chi connectivity index (χ4n) is 2.97. The van der Waals surface area contributed by atoms with Crippen LogP contribution in [0.3, 0.4) is 0 Å². The lowest BCUT2D eigenvalue weighted by Gasteiger charge is -2.27. The van der Waals surface area contributed by atoms with Gasteiger partial charge in [0, 0.05) is 6.42 Å². The zero-order valence-electron chi connectivity index (χ0n) is 12.2. The molecule has 1 aromatic rings. The lowest BCUT2D eigenvalue weighted by molar-refractivity contribution is -0.136. The van der Waals surface area contributed by atoms with Gasteiger partial charge in [-0.15, -0.1) is 0 Å². The number of hydrogen-bond acceptors (Lipinski definition) is 2. The standard InChI is InChI=1S/C18H21NO2/c19-13-15-7-11-17(12-8-15)16-9-5-14(6-10-16)3-1-2-4-18(20)21/h1,3,7-8,11-12,14,16H,2,4-6,9-10H2,(H,20,21). The third-order valence-corrected chi connectivity index (χ3v) is 4.22. The van der Waals surface area contributed by atoms with Crippen LogP contribution in [-0.2, 0) is 4.79 Å². The van der Waals surface area contributed by atoms with Gasteiger partial charge in [-0.3, -0.25) is 4.79 Å². The summed E-state index contributed by atoms with van der Waals surface area (Å²) in [5, 5.41) is 17.4. The lowest BCUT2D eigenvalue weighted by atomic mass is 9.78. The van der Waals surface area contributed by atoms with E-state index in [0.717, 1.165) is 12.8 Å². The summed E-state index contributed by atoms with van der Waals surface area (Å²) in [5.74, 6) is 0.457. The molecule has 0 heterocycles. The van der Waals surface area contributed by atoms with E-state index in [2.05, 4.69) is 24.3 Å². The minimum Gasteiger partial charge on any atom is -0.481 e. The van der Waals surface area contributed by atoms with Crippen LogP contribution in [0.5, 0.6) is 0 Å². The number of allylic oxidation sites excluding steroid dienone is 2. The Kier molecular flexibility index (Phi) is 5.57. The van der Waals surface area contributed by atoms with Crippen molar-refractivity contribution in [3.05, 3.63) is 47.5 Å². The van der Waals surface area contributed by atoms with Gasteiger partial charge in [0.25, 0.3) is 0 Å². The van der Waals surface area contributed by atoms with Gasteiger partial charge in [0.1, 0.15) is 0 Å². The van der Waals surface area contributed by atoms with Crippen LogP contribution in [0.4, 0.5) is 0 Å². The first-order valence-corrected chi connectivity index (χ1v) is 7.57. The molecule has 2 rings (SSSR count). The van der Waals surface area contributed by atoms with Crippen LogP contribution < -0.4 is 0 Å². The van der Waals surface area contributed by atoms with Gasteiger partial charge in [-0.05, 0) is 61.6 Å². The lowest BCUT2D eigenvalue weighted by Crippen LogP contribution is -2.11. The molecule has 3 heteroatoms. The Bertz CT molecular complexity index is 531. The van der Waals surface area contributed by atoms with Gasteiger partial charge in [-0.2, -0.15) is 5.26 Å². The maximum Gasteiger partial charge on any atom is 0.303 e. The number of nitrogens with zero attached hydrogens (tertiary/aromatic N) is 1. The van der Waals surface area contributed by atoms with E-state index in [0.29, 0.717) is 23.8 Å². The number of carbonyl (C=O) groups is 1. The predicted octanol–water partition coefficient (Wildman–Crippen LogP) is 4.25. The summed E-state index contributed by atoms with van der Waals surface area (Å²) < 4.78 is 0. The second-order valence-electron chi connectivity index (χ2n) is 5.71. The van der Waals surface area contributed by atoms with E-state index in [-0.39, 0.29) is 6.42 Å². The van der Waals surface area contributed by atoms with E-state index in [9.17, 15) is 4.79 Å². The topological polar surface area (TPSA) is 61.1 Å². The van der Waals surface area contributed by atoms with Crippen molar-refractivity contribution in [1.82, 2.24) is 0 Å². The third-order valence-electron chi connectivity index (χ3n) is 4.22. The molecule has 1 aromatic carbocycles. The van der Waals surface area contributed by atoms with Gasteiger partial charge < -0.3 is 5.11 Å². The molecule has 0 aromatic heterocycles. The Morgan fingerprint density at radius 1 is 1.24 bits per heavy atom. The van der Waals surface area contributed by atoms with Crippen molar-refractivity contribution in [2.45, 2.75) is 44.4 Å². The highest BCUT2D eigenvalue weighted by Gasteiger charge is 2.20. The molecule has 0 saturated heterocycles. The minimum atomic E-state index is -0.732. The largest absolute Gasteiger partial charge is 0.481 e. The van der Waals surface area contributed by atoms with Crippen LogP contribution in [0, 0.1) is 17.2 Å². The minimum absolute atomic E-state index is 0.219. The van der Waals surface area contributed by atoms with Crippen LogP contribution in [0.2, 0.25) is 0 Å². The fraction of sp³-hybridized carbons (Fsp3) is 0.444. The summed E-state index contributed by atoms with van der Waals surface area (Å²) in [6.07, 6.45) is 9.71. The molecular weight excluding hydrogens is 262 g/mol. The van der Waals surface area contributed by atoms with Crippen molar-refractivity contribution in [1.29, 1.82) is 5.26 Å². The van der Waals surface area contributed by atoms with Gasteiger partial charge in [0.05, 0.1) is 11.6 Å². The smallest absolute Gasteiger partial charge is 0.303 e. The molecule has 0 atom stereocenters. The summed E-state index contributed by atoms with van der Waals surface area (Å²) in [6.45, 7) is 0. The van der Waals surface area contributed by atoms with Gasteiger partial charge in [-0.25, -0.2) is 0 Å². The van der Waals surface area contributed by atoms with Crippen LogP contribution in [0.15, 0.2) is 36.4 Å². The molecule has 3 nitrogen and oxygen atoms in total. The first kappa shape index (κ1) is 15.3. The zero-order chi connectivity index (χ0) is 15.1. The van der Waals surface area contributed by atoms with E-state index < -0.39 is 5.97 Å². The van der Waals surface area contributed by atoms with Crippen molar-refractivity contribution in [3.63, 3.8) is 0 Å². The quantitative estimate of drug-likeness (QED) is 0.821. The Labute approximate surface area is 125 Å². The summed E-state index contributed by atoms with van der Waals surface area (Å²) in [6, 6.07) is 10.1. The molecule has 1 aliphatic rings. The number of carboxylic acid groups (broad SMARTS) is 1. The zero-order valence-corrected chi connectivity index (χ0v) is 12.2. The van der Waals surface area contributed by atoms with Crippen LogP contribution in [0.25, 0.3) is 0 Å². The highest BCUT2D eigenvalue weighted by Crippen LogP contribution is 2.36. The normalized spacial score (nSPS) is 22.0. The maximum absolute atomic E-state index is 10.4. The van der Waals surface area contributed by atoms with Crippen LogP contribution >= 0.6 is 0 Å². The number of carboxylic acids is 1. The summed E-state index contributed by atoms with van der Waals surface area (Å²) in [5.41, 5.74) is 2.05. The molecule has 1 saturated carbocycles. The average molecular weight is 283 g/mol. The van der Waals surface area contributed by atoms with Crippen molar-refractivity contribution in [2.75, 3.05) is 0 Å². The second-order valence-corrected chi connectivity index (χ2v) is 5.71. The summed E-state index contributed by atoms with van der Waals surface area (Å²) in [4.78, 5) is 10.4. The number of benzene rings is 1. The molecule has 0 unspecified atom stereocenters. The Hall–Kier alpha value is -2.08. The Balaban J connectivity index is 1.80. The van der Waals surface area contributed by atoms with Gasteiger partial charge in [0.15, 0.2) is 0 Å². The van der Waals surface area contributed by atoms with Crippen LogP contribution in [0.1, 0.15) is 55.6 Å². The van der Waals surface area contributed by atoms with Crippen molar-refractivity contribution < 1.29 is 9.90 Å². The molecule has 0 radical (unpaired) electrons. The number of nitriles is 1. The number of rotatable bonds is 5. The SMILES string of the molecule is N#Cc1ccc(C2CCC(C=CCCC(=O)O)CC2)cc1. The van der Waals surface area contributed by atoms with E-state index in [1.807, 2.05) is 18.2 Å². The first-order valence-electron chi connectivity index (χ1n) is 7.57. The number of hydrogen-bond donors (Lipinski definition) is 1. The predicted molar refractivity (Wildman–Crippen MR) is 81.9 cm³/mol. The van der Waals surface area contributed by atoms with E-state index in [1.165, 1.54) is 18.4 Å². The summed E-state index contributed by atoms with van der Waals surface area (Å²) >= 11 is 0. The Morgan fingerprint density at radius 3 is 2.48 bits per heavy atom. The molecule has 21 heavy (non-hydrogen) atoms. The molecular formula is C18H21NO2. The first-order chi connectivity index (χ1) is 10.2. The van der Waals surface area contributed by atoms with Crippen molar-refractivity contribution in [2.24, 2.45) is 5.92 Å². The monoisotopic (exact) mass is 283 g/mol. The molecule has 1 aliphatic carbocycles. The van der Waals surface area contributed by atoms with Gasteiger partial charge in [0.2, 0.25) is 0 Å². The summed E-state index contributed by atoms with van der Waals surface area (Å²) in [7, 11) is 0. The van der Waals surface area contributed by atoms with E-state index >= 15 is 0 Å². The van der Waals surface area contributed by atoms with Crippen molar-refractivity contribution >= 4 is 5.97 Å². The highest BCUT2D eigenvalue weighted by atomic mass is 16.4. The van der Waals surface area contributed by atoms with Crippen LogP contribution in [-0.4, -0.2) is 11.1 Å². The molecule has 0 bridgehead atoms. The fourth-order valence-corrected chi connectivity index (χ4v) is 2.97. The Morgan fingerprint density at radius 2 is 1.90 bits per heavy atom. The second kappa shape index (κ2) is 7.64.